The summed E-state index contributed by atoms with van der Waals surface area (Å²) in [6, 6.07) is 8.75. The highest BCUT2D eigenvalue weighted by molar-refractivity contribution is 5.27. The molecule has 2 atom stereocenters. The van der Waals surface area contributed by atoms with Gasteiger partial charge < -0.3 is 10.1 Å². The number of nitrogens with one attached hydrogen (secondary N) is 1. The van der Waals surface area contributed by atoms with Crippen molar-refractivity contribution in [2.24, 2.45) is 5.41 Å². The first-order valence-electron chi connectivity index (χ1n) is 7.55. The molecule has 1 aromatic carbocycles. The number of hydrogen-bond donors (Lipinski definition) is 1. The van der Waals surface area contributed by atoms with Crippen LogP contribution in [0.2, 0.25) is 0 Å². The molecule has 0 spiro atoms. The molecule has 0 radical (unpaired) electrons. The lowest BCUT2D eigenvalue weighted by Crippen LogP contribution is -2.41. The molecule has 1 saturated heterocycles. The van der Waals surface area contributed by atoms with Gasteiger partial charge in [0.1, 0.15) is 0 Å². The molecular formula is C17H27NO. The van der Waals surface area contributed by atoms with Gasteiger partial charge in [-0.05, 0) is 50.8 Å². The summed E-state index contributed by atoms with van der Waals surface area (Å²) in [4.78, 5) is 0. The Bertz CT molecular complexity index is 404. The first-order chi connectivity index (χ1) is 9.18. The second-order valence-corrected chi connectivity index (χ2v) is 5.91. The van der Waals surface area contributed by atoms with Crippen molar-refractivity contribution in [1.29, 1.82) is 0 Å². The van der Waals surface area contributed by atoms with Crippen LogP contribution in [0.3, 0.4) is 0 Å². The highest BCUT2D eigenvalue weighted by Crippen LogP contribution is 2.38. The molecule has 0 aromatic heterocycles. The summed E-state index contributed by atoms with van der Waals surface area (Å²) < 4.78 is 5.87. The minimum absolute atomic E-state index is 0.265. The highest BCUT2D eigenvalue weighted by Gasteiger charge is 2.41. The van der Waals surface area contributed by atoms with Crippen LogP contribution in [0.15, 0.2) is 24.3 Å². The van der Waals surface area contributed by atoms with Crippen molar-refractivity contribution in [3.05, 3.63) is 35.4 Å². The maximum Gasteiger partial charge on any atom is 0.0619 e. The Morgan fingerprint density at radius 1 is 1.37 bits per heavy atom. The van der Waals surface area contributed by atoms with Gasteiger partial charge in [-0.1, -0.05) is 31.2 Å². The average Bonchev–Trinajstić information content (AvgIpc) is 2.75. The normalized spacial score (nSPS) is 26.8. The fourth-order valence-corrected chi connectivity index (χ4v) is 3.05. The Morgan fingerprint density at radius 3 is 2.79 bits per heavy atom. The Balaban J connectivity index is 2.12. The molecule has 1 heterocycles. The lowest BCUT2D eigenvalue weighted by atomic mass is 9.75. The van der Waals surface area contributed by atoms with E-state index >= 15 is 0 Å². The predicted octanol–water partition coefficient (Wildman–Crippen LogP) is 3.33. The summed E-state index contributed by atoms with van der Waals surface area (Å²) in [6.45, 7) is 9.73. The fourth-order valence-electron chi connectivity index (χ4n) is 3.05. The van der Waals surface area contributed by atoms with Gasteiger partial charge in [0.25, 0.3) is 0 Å². The number of aryl methyl sites for hydroxylation is 1. The van der Waals surface area contributed by atoms with Crippen LogP contribution in [0.5, 0.6) is 0 Å². The van der Waals surface area contributed by atoms with Gasteiger partial charge in [0, 0.05) is 18.6 Å². The molecular weight excluding hydrogens is 234 g/mol. The Labute approximate surface area is 117 Å². The number of ether oxygens (including phenoxy) is 1. The lowest BCUT2D eigenvalue weighted by Gasteiger charge is -2.33. The molecule has 1 fully saturated rings. The molecule has 0 saturated carbocycles. The van der Waals surface area contributed by atoms with Gasteiger partial charge in [-0.2, -0.15) is 0 Å². The van der Waals surface area contributed by atoms with Crippen LogP contribution in [-0.4, -0.2) is 25.8 Å². The molecule has 0 aliphatic carbocycles. The highest BCUT2D eigenvalue weighted by atomic mass is 16.5. The van der Waals surface area contributed by atoms with E-state index in [0.29, 0.717) is 6.10 Å². The first kappa shape index (κ1) is 14.5. The third-order valence-corrected chi connectivity index (χ3v) is 4.54. The molecule has 2 rings (SSSR count). The standard InChI is InChI=1S/C17H27NO/c1-4-10-18-13-17(9-11-19-15(17)3)12-16-8-6-5-7-14(16)2/h5-8,15,18H,4,9-13H2,1-3H3. The van der Waals surface area contributed by atoms with E-state index in [4.69, 9.17) is 4.74 Å². The second-order valence-electron chi connectivity index (χ2n) is 5.91. The summed E-state index contributed by atoms with van der Waals surface area (Å²) in [6.07, 6.45) is 3.82. The van der Waals surface area contributed by atoms with Gasteiger partial charge >= 0.3 is 0 Å². The van der Waals surface area contributed by atoms with Crippen molar-refractivity contribution in [3.8, 4) is 0 Å². The van der Waals surface area contributed by atoms with Crippen LogP contribution in [0, 0.1) is 12.3 Å². The predicted molar refractivity (Wildman–Crippen MR) is 80.5 cm³/mol. The topological polar surface area (TPSA) is 21.3 Å². The van der Waals surface area contributed by atoms with E-state index in [1.54, 1.807) is 0 Å². The van der Waals surface area contributed by atoms with Gasteiger partial charge in [-0.25, -0.2) is 0 Å². The summed E-state index contributed by atoms with van der Waals surface area (Å²) in [7, 11) is 0. The van der Waals surface area contributed by atoms with Gasteiger partial charge in [0.15, 0.2) is 0 Å². The molecule has 1 N–H and O–H groups in total. The third kappa shape index (κ3) is 3.37. The van der Waals surface area contributed by atoms with Crippen LogP contribution >= 0.6 is 0 Å². The number of hydrogen-bond acceptors (Lipinski definition) is 2. The van der Waals surface area contributed by atoms with Crippen molar-refractivity contribution in [2.75, 3.05) is 19.7 Å². The summed E-state index contributed by atoms with van der Waals surface area (Å²) >= 11 is 0. The molecule has 2 heteroatoms. The second kappa shape index (κ2) is 6.53. The van der Waals surface area contributed by atoms with Gasteiger partial charge in [-0.3, -0.25) is 0 Å². The van der Waals surface area contributed by atoms with Crippen molar-refractivity contribution >= 4 is 0 Å². The SMILES string of the molecule is CCCNCC1(Cc2ccccc2C)CCOC1C. The van der Waals surface area contributed by atoms with Crippen molar-refractivity contribution < 1.29 is 4.74 Å². The fraction of sp³-hybridized carbons (Fsp3) is 0.647. The minimum atomic E-state index is 0.265. The summed E-state index contributed by atoms with van der Waals surface area (Å²) in [5.74, 6) is 0. The lowest BCUT2D eigenvalue weighted by molar-refractivity contribution is 0.0630. The van der Waals surface area contributed by atoms with Crippen molar-refractivity contribution in [2.45, 2.75) is 46.1 Å². The van der Waals surface area contributed by atoms with Gasteiger partial charge in [0.2, 0.25) is 0 Å². The average molecular weight is 261 g/mol. The Kier molecular flexibility index (Phi) is 5.00. The Morgan fingerprint density at radius 2 is 2.16 bits per heavy atom. The zero-order chi connectivity index (χ0) is 13.7. The van der Waals surface area contributed by atoms with Crippen LogP contribution in [0.1, 0.15) is 37.8 Å². The van der Waals surface area contributed by atoms with E-state index < -0.39 is 0 Å². The van der Waals surface area contributed by atoms with E-state index in [1.807, 2.05) is 0 Å². The zero-order valence-electron chi connectivity index (χ0n) is 12.5. The molecule has 106 valence electrons. The van der Waals surface area contributed by atoms with Crippen molar-refractivity contribution in [1.82, 2.24) is 5.32 Å². The van der Waals surface area contributed by atoms with E-state index in [1.165, 1.54) is 24.0 Å². The molecule has 2 nitrogen and oxygen atoms in total. The summed E-state index contributed by atoms with van der Waals surface area (Å²) in [5.41, 5.74) is 3.14. The number of rotatable bonds is 6. The van der Waals surface area contributed by atoms with E-state index in [2.05, 4.69) is 50.4 Å². The molecule has 0 amide bonds. The summed E-state index contributed by atoms with van der Waals surface area (Å²) in [5, 5.41) is 3.61. The molecule has 1 aliphatic rings. The smallest absolute Gasteiger partial charge is 0.0619 e. The van der Waals surface area contributed by atoms with E-state index in [0.717, 1.165) is 26.1 Å². The molecule has 1 aliphatic heterocycles. The van der Waals surface area contributed by atoms with Crippen molar-refractivity contribution in [3.63, 3.8) is 0 Å². The van der Waals surface area contributed by atoms with E-state index in [-0.39, 0.29) is 5.41 Å². The van der Waals surface area contributed by atoms with Crippen LogP contribution in [-0.2, 0) is 11.2 Å². The van der Waals surface area contributed by atoms with Gasteiger partial charge in [0.05, 0.1) is 6.10 Å². The van der Waals surface area contributed by atoms with Gasteiger partial charge in [-0.15, -0.1) is 0 Å². The largest absolute Gasteiger partial charge is 0.378 e. The van der Waals surface area contributed by atoms with E-state index in [9.17, 15) is 0 Å². The molecule has 2 unspecified atom stereocenters. The first-order valence-corrected chi connectivity index (χ1v) is 7.55. The molecule has 0 bridgehead atoms. The van der Waals surface area contributed by atoms with Crippen LogP contribution in [0.25, 0.3) is 0 Å². The zero-order valence-corrected chi connectivity index (χ0v) is 12.5. The Hall–Kier alpha value is -0.860. The number of benzene rings is 1. The van der Waals surface area contributed by atoms with Crippen LogP contribution in [0.4, 0.5) is 0 Å². The quantitative estimate of drug-likeness (QED) is 0.793. The maximum atomic E-state index is 5.87. The minimum Gasteiger partial charge on any atom is -0.378 e. The monoisotopic (exact) mass is 261 g/mol. The third-order valence-electron chi connectivity index (χ3n) is 4.54. The molecule has 1 aromatic rings. The maximum absolute atomic E-state index is 5.87. The molecule has 19 heavy (non-hydrogen) atoms. The van der Waals surface area contributed by atoms with Crippen LogP contribution < -0.4 is 5.32 Å².